The zero-order valence-electron chi connectivity index (χ0n) is 6.89. The summed E-state index contributed by atoms with van der Waals surface area (Å²) in [5.41, 5.74) is 0.731. The summed E-state index contributed by atoms with van der Waals surface area (Å²) in [5.74, 6) is -0.111. The van der Waals surface area contributed by atoms with Gasteiger partial charge in [-0.1, -0.05) is 0 Å². The highest BCUT2D eigenvalue weighted by Gasteiger charge is 2.10. The second-order valence-electron chi connectivity index (χ2n) is 2.66. The minimum Gasteiger partial charge on any atom is -0.481 e. The molecule has 0 radical (unpaired) electrons. The molecule has 0 saturated heterocycles. The fraction of sp³-hybridized carbons (Fsp3) is 0.286. The number of thiazole rings is 1. The average molecular weight is 197 g/mol. The monoisotopic (exact) mass is 197 g/mol. The van der Waals surface area contributed by atoms with Crippen LogP contribution < -0.4 is 0 Å². The molecule has 1 N–H and O–H groups in total. The maximum Gasteiger partial charge on any atom is 0.309 e. The van der Waals surface area contributed by atoms with Gasteiger partial charge in [0.25, 0.3) is 0 Å². The SMILES string of the molecule is Cc1nnc2scc(CC(=O)O)n12. The summed E-state index contributed by atoms with van der Waals surface area (Å²) >= 11 is 1.40. The largest absolute Gasteiger partial charge is 0.481 e. The maximum atomic E-state index is 10.5. The van der Waals surface area contributed by atoms with Crippen molar-refractivity contribution in [3.8, 4) is 0 Å². The molecule has 13 heavy (non-hydrogen) atoms. The predicted octanol–water partition coefficient (Wildman–Crippen LogP) is 0.726. The van der Waals surface area contributed by atoms with Gasteiger partial charge in [0.05, 0.1) is 6.42 Å². The number of aryl methyl sites for hydroxylation is 1. The average Bonchev–Trinajstić information content (AvgIpc) is 2.56. The molecule has 0 aromatic carbocycles. The van der Waals surface area contributed by atoms with E-state index in [4.69, 9.17) is 5.11 Å². The first kappa shape index (κ1) is 8.18. The number of hydrogen-bond donors (Lipinski definition) is 1. The second-order valence-corrected chi connectivity index (χ2v) is 3.50. The van der Waals surface area contributed by atoms with Gasteiger partial charge in [0, 0.05) is 11.1 Å². The third-order valence-electron chi connectivity index (χ3n) is 1.72. The minimum absolute atomic E-state index is 0.0128. The Labute approximate surface area is 77.6 Å². The number of hydrogen-bond acceptors (Lipinski definition) is 4. The zero-order valence-corrected chi connectivity index (χ0v) is 7.71. The summed E-state index contributed by atoms with van der Waals surface area (Å²) < 4.78 is 1.76. The van der Waals surface area contributed by atoms with Gasteiger partial charge in [0.15, 0.2) is 0 Å². The molecule has 5 nitrogen and oxygen atoms in total. The van der Waals surface area contributed by atoms with E-state index in [0.717, 1.165) is 16.5 Å². The van der Waals surface area contributed by atoms with Crippen LogP contribution in [0.5, 0.6) is 0 Å². The number of carbonyl (C=O) groups is 1. The molecule has 0 fully saturated rings. The molecule has 0 unspecified atom stereocenters. The van der Waals surface area contributed by atoms with Crippen LogP contribution in [0.15, 0.2) is 5.38 Å². The summed E-state index contributed by atoms with van der Waals surface area (Å²) in [6.45, 7) is 1.80. The Kier molecular flexibility index (Phi) is 1.77. The Morgan fingerprint density at radius 1 is 1.69 bits per heavy atom. The van der Waals surface area contributed by atoms with E-state index in [1.54, 1.807) is 16.7 Å². The molecule has 0 atom stereocenters. The van der Waals surface area contributed by atoms with Gasteiger partial charge < -0.3 is 5.11 Å². The second kappa shape index (κ2) is 2.81. The van der Waals surface area contributed by atoms with Crippen molar-refractivity contribution in [1.82, 2.24) is 14.6 Å². The van der Waals surface area contributed by atoms with Crippen molar-refractivity contribution in [1.29, 1.82) is 0 Å². The number of fused-ring (bicyclic) bond motifs is 1. The first-order valence-corrected chi connectivity index (χ1v) is 4.56. The van der Waals surface area contributed by atoms with Gasteiger partial charge in [-0.15, -0.1) is 21.5 Å². The van der Waals surface area contributed by atoms with E-state index in [-0.39, 0.29) is 6.42 Å². The van der Waals surface area contributed by atoms with E-state index in [2.05, 4.69) is 10.2 Å². The molecule has 0 aliphatic heterocycles. The molecule has 6 heteroatoms. The number of aliphatic carboxylic acids is 1. The summed E-state index contributed by atoms with van der Waals surface area (Å²) in [6.07, 6.45) is 0.0128. The smallest absolute Gasteiger partial charge is 0.309 e. The Morgan fingerprint density at radius 3 is 3.15 bits per heavy atom. The zero-order chi connectivity index (χ0) is 9.42. The highest BCUT2D eigenvalue weighted by Crippen LogP contribution is 2.16. The van der Waals surface area contributed by atoms with E-state index in [1.807, 2.05) is 0 Å². The van der Waals surface area contributed by atoms with E-state index in [0.29, 0.717) is 0 Å². The molecule has 0 aliphatic carbocycles. The van der Waals surface area contributed by atoms with Crippen molar-refractivity contribution in [2.45, 2.75) is 13.3 Å². The first-order valence-electron chi connectivity index (χ1n) is 3.68. The molecule has 2 rings (SSSR count). The van der Waals surface area contributed by atoms with Crippen LogP contribution in [0.4, 0.5) is 0 Å². The molecule has 0 bridgehead atoms. The highest BCUT2D eigenvalue weighted by atomic mass is 32.1. The van der Waals surface area contributed by atoms with E-state index in [1.165, 1.54) is 11.3 Å². The summed E-state index contributed by atoms with van der Waals surface area (Å²) in [6, 6.07) is 0. The molecular weight excluding hydrogens is 190 g/mol. The van der Waals surface area contributed by atoms with Crippen molar-refractivity contribution in [2.24, 2.45) is 0 Å². The summed E-state index contributed by atoms with van der Waals surface area (Å²) in [4.78, 5) is 11.2. The Morgan fingerprint density at radius 2 is 2.46 bits per heavy atom. The fourth-order valence-electron chi connectivity index (χ4n) is 1.20. The Hall–Kier alpha value is -1.43. The van der Waals surface area contributed by atoms with E-state index < -0.39 is 5.97 Å². The van der Waals surface area contributed by atoms with Crippen LogP contribution in [0.2, 0.25) is 0 Å². The Bertz CT molecular complexity index is 459. The van der Waals surface area contributed by atoms with Gasteiger partial charge in [-0.3, -0.25) is 9.20 Å². The molecule has 2 aromatic rings. The van der Waals surface area contributed by atoms with E-state index >= 15 is 0 Å². The van der Waals surface area contributed by atoms with Gasteiger partial charge in [-0.05, 0) is 6.92 Å². The lowest BCUT2D eigenvalue weighted by molar-refractivity contribution is -0.136. The predicted molar refractivity (Wildman–Crippen MR) is 46.9 cm³/mol. The molecule has 0 saturated carbocycles. The summed E-state index contributed by atoms with van der Waals surface area (Å²) in [5, 5.41) is 18.2. The molecule has 0 spiro atoms. The van der Waals surface area contributed by atoms with Crippen LogP contribution in [-0.2, 0) is 11.2 Å². The first-order chi connectivity index (χ1) is 6.18. The molecule has 2 aromatic heterocycles. The van der Waals surface area contributed by atoms with Crippen molar-refractivity contribution in [2.75, 3.05) is 0 Å². The van der Waals surface area contributed by atoms with Crippen LogP contribution in [0.3, 0.4) is 0 Å². The Balaban J connectivity index is 2.55. The van der Waals surface area contributed by atoms with Crippen LogP contribution in [-0.4, -0.2) is 25.7 Å². The van der Waals surface area contributed by atoms with Gasteiger partial charge >= 0.3 is 5.97 Å². The fourth-order valence-corrected chi connectivity index (χ4v) is 2.07. The van der Waals surface area contributed by atoms with Gasteiger partial charge in [0.2, 0.25) is 4.96 Å². The highest BCUT2D eigenvalue weighted by molar-refractivity contribution is 7.15. The van der Waals surface area contributed by atoms with Crippen molar-refractivity contribution in [3.05, 3.63) is 16.9 Å². The van der Waals surface area contributed by atoms with Crippen LogP contribution >= 0.6 is 11.3 Å². The summed E-state index contributed by atoms with van der Waals surface area (Å²) in [7, 11) is 0. The minimum atomic E-state index is -0.840. The topological polar surface area (TPSA) is 67.5 Å². The van der Waals surface area contributed by atoms with Crippen LogP contribution in [0, 0.1) is 6.92 Å². The molecular formula is C7H7N3O2S. The molecule has 2 heterocycles. The van der Waals surface area contributed by atoms with Crippen LogP contribution in [0.25, 0.3) is 4.96 Å². The number of rotatable bonds is 2. The number of carboxylic acid groups (broad SMARTS) is 1. The normalized spacial score (nSPS) is 10.8. The maximum absolute atomic E-state index is 10.5. The van der Waals surface area contributed by atoms with Gasteiger partial charge in [0.1, 0.15) is 5.82 Å². The van der Waals surface area contributed by atoms with Gasteiger partial charge in [-0.25, -0.2) is 0 Å². The van der Waals surface area contributed by atoms with Gasteiger partial charge in [-0.2, -0.15) is 0 Å². The lowest BCUT2D eigenvalue weighted by Crippen LogP contribution is -2.03. The molecule has 0 aliphatic rings. The third-order valence-corrected chi connectivity index (χ3v) is 2.58. The lowest BCUT2D eigenvalue weighted by atomic mass is 10.3. The number of nitrogens with zero attached hydrogens (tertiary/aromatic N) is 3. The standard InChI is InChI=1S/C7H7N3O2S/c1-4-8-9-7-10(4)5(3-13-7)2-6(11)12/h3H,2H2,1H3,(H,11,12). The van der Waals surface area contributed by atoms with Crippen molar-refractivity contribution in [3.63, 3.8) is 0 Å². The quantitative estimate of drug-likeness (QED) is 0.770. The number of carboxylic acids is 1. The van der Waals surface area contributed by atoms with Crippen molar-refractivity contribution >= 4 is 22.3 Å². The lowest BCUT2D eigenvalue weighted by Gasteiger charge is -1.94. The van der Waals surface area contributed by atoms with E-state index in [9.17, 15) is 4.79 Å². The number of aromatic nitrogens is 3. The molecule has 0 amide bonds. The van der Waals surface area contributed by atoms with Crippen molar-refractivity contribution < 1.29 is 9.90 Å². The van der Waals surface area contributed by atoms with Crippen LogP contribution in [0.1, 0.15) is 11.5 Å². The molecule has 68 valence electrons. The third kappa shape index (κ3) is 1.29.